The summed E-state index contributed by atoms with van der Waals surface area (Å²) >= 11 is 0. The van der Waals surface area contributed by atoms with Gasteiger partial charge < -0.3 is 20.7 Å². The van der Waals surface area contributed by atoms with Crippen molar-refractivity contribution in [2.75, 3.05) is 38.6 Å². The number of fused-ring (bicyclic) bond motifs is 1. The largest absolute Gasteiger partial charge is 0.492 e. The van der Waals surface area contributed by atoms with Crippen LogP contribution in [0.1, 0.15) is 0 Å². The average Bonchev–Trinajstić information content (AvgIpc) is 3.09. The molecule has 0 spiro atoms. The molecule has 28 heavy (non-hydrogen) atoms. The highest BCUT2D eigenvalue weighted by molar-refractivity contribution is 14.0. The molecule has 0 aliphatic heterocycles. The molecule has 0 saturated carbocycles. The van der Waals surface area contributed by atoms with Crippen molar-refractivity contribution < 1.29 is 4.74 Å². The Morgan fingerprint density at radius 3 is 2.68 bits per heavy atom. The Morgan fingerprint density at radius 2 is 1.89 bits per heavy atom. The summed E-state index contributed by atoms with van der Waals surface area (Å²) < 4.78 is 7.37. The lowest BCUT2D eigenvalue weighted by atomic mass is 10.3. The number of hydrogen-bond donors (Lipinski definition) is 3. The normalized spacial score (nSPS) is 11.0. The second-order valence-electron chi connectivity index (χ2n) is 5.74. The van der Waals surface area contributed by atoms with Crippen LogP contribution in [0.3, 0.4) is 0 Å². The van der Waals surface area contributed by atoms with Crippen molar-refractivity contribution in [3.63, 3.8) is 0 Å². The van der Waals surface area contributed by atoms with Gasteiger partial charge in [-0.1, -0.05) is 18.2 Å². The molecule has 0 unspecified atom stereocenters. The van der Waals surface area contributed by atoms with E-state index in [1.165, 1.54) is 6.33 Å². The standard InChI is InChI=1S/C18H24N8O.HI/c1-19-18(22-10-11-27-14-6-4-3-5-7-14)21-9-8-20-16-15-12-25-26(2)17(15)24-13-23-16;/h3-7,12-13H,8-11H2,1-2H3,(H2,19,21,22)(H,20,23,24);1H. The maximum absolute atomic E-state index is 5.65. The minimum absolute atomic E-state index is 0. The maximum atomic E-state index is 5.65. The van der Waals surface area contributed by atoms with Crippen molar-refractivity contribution >= 4 is 46.8 Å². The molecule has 2 heterocycles. The first kappa shape index (κ1) is 21.7. The van der Waals surface area contributed by atoms with Gasteiger partial charge in [-0.25, -0.2) is 9.97 Å². The number of nitrogens with zero attached hydrogens (tertiary/aromatic N) is 5. The fourth-order valence-corrected chi connectivity index (χ4v) is 2.54. The first-order chi connectivity index (χ1) is 13.3. The lowest BCUT2D eigenvalue weighted by molar-refractivity contribution is 0.322. The number of aryl methyl sites for hydroxylation is 1. The van der Waals surface area contributed by atoms with Crippen molar-refractivity contribution in [3.8, 4) is 5.75 Å². The Bertz CT molecular complexity index is 884. The SMILES string of the molecule is CN=C(NCCNc1ncnc2c1cnn2C)NCCOc1ccccc1.I. The molecule has 0 saturated heterocycles. The van der Waals surface area contributed by atoms with Gasteiger partial charge >= 0.3 is 0 Å². The summed E-state index contributed by atoms with van der Waals surface area (Å²) in [4.78, 5) is 12.7. The van der Waals surface area contributed by atoms with Crippen LogP contribution in [0.25, 0.3) is 11.0 Å². The third kappa shape index (κ3) is 5.94. The zero-order valence-electron chi connectivity index (χ0n) is 15.9. The summed E-state index contributed by atoms with van der Waals surface area (Å²) in [5.41, 5.74) is 0.802. The van der Waals surface area contributed by atoms with Gasteiger partial charge in [0.05, 0.1) is 18.1 Å². The van der Waals surface area contributed by atoms with E-state index in [1.807, 2.05) is 37.4 Å². The summed E-state index contributed by atoms with van der Waals surface area (Å²) in [5.74, 6) is 2.36. The summed E-state index contributed by atoms with van der Waals surface area (Å²) in [5, 5.41) is 14.9. The number of halogens is 1. The van der Waals surface area contributed by atoms with Crippen molar-refractivity contribution in [3.05, 3.63) is 42.9 Å². The third-order valence-corrected chi connectivity index (χ3v) is 3.87. The number of ether oxygens (including phenoxy) is 1. The van der Waals surface area contributed by atoms with Crippen LogP contribution in [0.5, 0.6) is 5.75 Å². The molecule has 0 radical (unpaired) electrons. The quantitative estimate of drug-likeness (QED) is 0.189. The Hall–Kier alpha value is -2.63. The van der Waals surface area contributed by atoms with Gasteiger partial charge in [0.25, 0.3) is 0 Å². The van der Waals surface area contributed by atoms with E-state index in [0.29, 0.717) is 26.2 Å². The molecule has 150 valence electrons. The van der Waals surface area contributed by atoms with Crippen LogP contribution < -0.4 is 20.7 Å². The molecule has 3 aromatic rings. The highest BCUT2D eigenvalue weighted by Gasteiger charge is 2.07. The van der Waals surface area contributed by atoms with E-state index in [-0.39, 0.29) is 24.0 Å². The minimum atomic E-state index is 0. The van der Waals surface area contributed by atoms with E-state index in [2.05, 4.69) is 36.0 Å². The Balaban J connectivity index is 0.00000280. The predicted molar refractivity (Wildman–Crippen MR) is 122 cm³/mol. The topological polar surface area (TPSA) is 101 Å². The highest BCUT2D eigenvalue weighted by atomic mass is 127. The van der Waals surface area contributed by atoms with E-state index in [9.17, 15) is 0 Å². The number of aliphatic imine (C=N–C) groups is 1. The fraction of sp³-hybridized carbons (Fsp3) is 0.333. The van der Waals surface area contributed by atoms with Crippen LogP contribution in [-0.4, -0.2) is 59.0 Å². The lowest BCUT2D eigenvalue weighted by Gasteiger charge is -2.13. The fourth-order valence-electron chi connectivity index (χ4n) is 2.54. The number of rotatable bonds is 8. The summed E-state index contributed by atoms with van der Waals surface area (Å²) in [6.07, 6.45) is 3.30. The molecular weight excluding hydrogens is 471 g/mol. The molecular formula is C18H25IN8O. The number of aromatic nitrogens is 4. The lowest BCUT2D eigenvalue weighted by Crippen LogP contribution is -2.41. The zero-order chi connectivity index (χ0) is 18.9. The van der Waals surface area contributed by atoms with E-state index < -0.39 is 0 Å². The number of hydrogen-bond acceptors (Lipinski definition) is 6. The van der Waals surface area contributed by atoms with Gasteiger partial charge in [-0.05, 0) is 12.1 Å². The molecule has 0 aliphatic rings. The van der Waals surface area contributed by atoms with Gasteiger partial charge in [0.2, 0.25) is 0 Å². The van der Waals surface area contributed by atoms with Crippen LogP contribution in [-0.2, 0) is 7.05 Å². The molecule has 0 fully saturated rings. The van der Waals surface area contributed by atoms with Gasteiger partial charge in [-0.3, -0.25) is 9.67 Å². The Labute approximate surface area is 181 Å². The first-order valence-corrected chi connectivity index (χ1v) is 8.77. The number of para-hydroxylation sites is 1. The molecule has 0 amide bonds. The number of anilines is 1. The molecule has 9 nitrogen and oxygen atoms in total. The molecule has 3 N–H and O–H groups in total. The molecule has 10 heteroatoms. The van der Waals surface area contributed by atoms with E-state index in [0.717, 1.165) is 28.6 Å². The van der Waals surface area contributed by atoms with Crippen molar-refractivity contribution in [2.45, 2.75) is 0 Å². The van der Waals surface area contributed by atoms with Crippen LogP contribution in [0.4, 0.5) is 5.82 Å². The monoisotopic (exact) mass is 496 g/mol. The van der Waals surface area contributed by atoms with Crippen LogP contribution in [0, 0.1) is 0 Å². The van der Waals surface area contributed by atoms with Crippen LogP contribution in [0.2, 0.25) is 0 Å². The van der Waals surface area contributed by atoms with Gasteiger partial charge in [0.1, 0.15) is 24.5 Å². The average molecular weight is 496 g/mol. The van der Waals surface area contributed by atoms with E-state index >= 15 is 0 Å². The minimum Gasteiger partial charge on any atom is -0.492 e. The zero-order valence-corrected chi connectivity index (χ0v) is 18.3. The van der Waals surface area contributed by atoms with Gasteiger partial charge in [-0.15, -0.1) is 24.0 Å². The molecule has 0 aliphatic carbocycles. The number of guanidine groups is 1. The predicted octanol–water partition coefficient (Wildman–Crippen LogP) is 1.64. The highest BCUT2D eigenvalue weighted by Crippen LogP contribution is 2.17. The first-order valence-electron chi connectivity index (χ1n) is 8.77. The summed E-state index contributed by atoms with van der Waals surface area (Å²) in [6.45, 7) is 2.58. The van der Waals surface area contributed by atoms with Crippen LogP contribution >= 0.6 is 24.0 Å². The Kier molecular flexibility index (Phi) is 8.72. The summed E-state index contributed by atoms with van der Waals surface area (Å²) in [7, 11) is 3.60. The van der Waals surface area contributed by atoms with Crippen molar-refractivity contribution in [1.82, 2.24) is 30.4 Å². The molecule has 1 aromatic carbocycles. The second kappa shape index (κ2) is 11.3. The van der Waals surface area contributed by atoms with Gasteiger partial charge in [0.15, 0.2) is 11.6 Å². The number of benzene rings is 1. The molecule has 2 aromatic heterocycles. The van der Waals surface area contributed by atoms with E-state index in [1.54, 1.807) is 17.9 Å². The molecule has 3 rings (SSSR count). The number of nitrogens with one attached hydrogen (secondary N) is 3. The molecule has 0 atom stereocenters. The smallest absolute Gasteiger partial charge is 0.191 e. The molecule has 0 bridgehead atoms. The third-order valence-electron chi connectivity index (χ3n) is 3.87. The van der Waals surface area contributed by atoms with Crippen molar-refractivity contribution in [2.24, 2.45) is 12.0 Å². The second-order valence-corrected chi connectivity index (χ2v) is 5.74. The van der Waals surface area contributed by atoms with Gasteiger partial charge in [-0.2, -0.15) is 5.10 Å². The Morgan fingerprint density at radius 1 is 1.11 bits per heavy atom. The van der Waals surface area contributed by atoms with Gasteiger partial charge in [0, 0.05) is 27.2 Å². The van der Waals surface area contributed by atoms with Crippen molar-refractivity contribution in [1.29, 1.82) is 0 Å². The maximum Gasteiger partial charge on any atom is 0.191 e. The van der Waals surface area contributed by atoms with Crippen LogP contribution in [0.15, 0.2) is 47.8 Å². The van der Waals surface area contributed by atoms with E-state index in [4.69, 9.17) is 4.74 Å². The summed E-state index contributed by atoms with van der Waals surface area (Å²) in [6, 6.07) is 9.74.